The maximum absolute atomic E-state index is 13.7. The first-order valence-corrected chi connectivity index (χ1v) is 7.53. The number of halogens is 1. The summed E-state index contributed by atoms with van der Waals surface area (Å²) < 4.78 is 13.7. The van der Waals surface area contributed by atoms with Crippen LogP contribution >= 0.6 is 0 Å². The van der Waals surface area contributed by atoms with Crippen molar-refractivity contribution in [2.45, 2.75) is 39.7 Å². The Labute approximate surface area is 121 Å². The monoisotopic (exact) mass is 277 g/mol. The summed E-state index contributed by atoms with van der Waals surface area (Å²) in [5, 5.41) is 0. The molecule has 0 aromatic heterocycles. The molecule has 20 heavy (non-hydrogen) atoms. The van der Waals surface area contributed by atoms with Crippen LogP contribution in [0.5, 0.6) is 0 Å². The molecule has 1 aromatic carbocycles. The predicted octanol–water partition coefficient (Wildman–Crippen LogP) is 3.76. The molecule has 3 unspecified atom stereocenters. The van der Waals surface area contributed by atoms with Crippen LogP contribution in [0.2, 0.25) is 0 Å². The van der Waals surface area contributed by atoms with Gasteiger partial charge in [0.15, 0.2) is 5.78 Å². The van der Waals surface area contributed by atoms with E-state index in [2.05, 4.69) is 18.7 Å². The van der Waals surface area contributed by atoms with Crippen LogP contribution in [0.4, 0.5) is 4.39 Å². The number of benzene rings is 1. The molecule has 1 aliphatic rings. The van der Waals surface area contributed by atoms with E-state index in [0.717, 1.165) is 13.1 Å². The molecule has 1 aromatic rings. The maximum Gasteiger partial charge on any atom is 0.169 e. The topological polar surface area (TPSA) is 20.3 Å². The van der Waals surface area contributed by atoms with Crippen LogP contribution in [-0.4, -0.2) is 29.8 Å². The van der Waals surface area contributed by atoms with E-state index in [4.69, 9.17) is 0 Å². The van der Waals surface area contributed by atoms with Crippen molar-refractivity contribution in [3.63, 3.8) is 0 Å². The van der Waals surface area contributed by atoms with Gasteiger partial charge < -0.3 is 0 Å². The van der Waals surface area contributed by atoms with Crippen molar-refractivity contribution >= 4 is 5.78 Å². The summed E-state index contributed by atoms with van der Waals surface area (Å²) in [4.78, 5) is 14.7. The van der Waals surface area contributed by atoms with Gasteiger partial charge in [0.05, 0.1) is 5.56 Å². The second kappa shape index (κ2) is 6.49. The van der Waals surface area contributed by atoms with E-state index in [-0.39, 0.29) is 17.3 Å². The lowest BCUT2D eigenvalue weighted by molar-refractivity contribution is 0.0754. The summed E-state index contributed by atoms with van der Waals surface area (Å²) in [7, 11) is 0. The van der Waals surface area contributed by atoms with Gasteiger partial charge >= 0.3 is 0 Å². The summed E-state index contributed by atoms with van der Waals surface area (Å²) in [5.41, 5.74) is 0.220. The molecule has 3 atom stereocenters. The molecule has 1 aliphatic heterocycles. The summed E-state index contributed by atoms with van der Waals surface area (Å²) in [6, 6.07) is 6.77. The fraction of sp³-hybridized carbons (Fsp3) is 0.588. The molecular formula is C17H24FNO. The summed E-state index contributed by atoms with van der Waals surface area (Å²) >= 11 is 0. The molecule has 0 amide bonds. The third kappa shape index (κ3) is 3.26. The van der Waals surface area contributed by atoms with Gasteiger partial charge in [-0.25, -0.2) is 4.39 Å². The largest absolute Gasteiger partial charge is 0.300 e. The van der Waals surface area contributed by atoms with Crippen molar-refractivity contribution in [2.75, 3.05) is 13.1 Å². The number of nitrogens with zero attached hydrogens (tertiary/aromatic N) is 1. The van der Waals surface area contributed by atoms with Gasteiger partial charge in [-0.1, -0.05) is 26.0 Å². The fourth-order valence-corrected chi connectivity index (χ4v) is 3.04. The number of hydrogen-bond donors (Lipinski definition) is 0. The number of hydrogen-bond acceptors (Lipinski definition) is 2. The highest BCUT2D eigenvalue weighted by atomic mass is 19.1. The summed E-state index contributed by atoms with van der Waals surface area (Å²) in [6.45, 7) is 8.16. The molecule has 2 rings (SSSR count). The SMILES string of the molecule is CC(CN1CCCC(C)C1C)C(=O)c1ccccc1F. The molecule has 0 bridgehead atoms. The minimum absolute atomic E-state index is 0.0893. The van der Waals surface area contributed by atoms with Crippen LogP contribution in [-0.2, 0) is 0 Å². The average molecular weight is 277 g/mol. The molecule has 0 saturated carbocycles. The summed E-state index contributed by atoms with van der Waals surface area (Å²) in [5.74, 6) is -0.00268. The molecule has 1 heterocycles. The zero-order valence-corrected chi connectivity index (χ0v) is 12.6. The number of carbonyl (C=O) groups excluding carboxylic acids is 1. The quantitative estimate of drug-likeness (QED) is 0.781. The highest BCUT2D eigenvalue weighted by Gasteiger charge is 2.28. The molecule has 0 spiro atoms. The maximum atomic E-state index is 13.7. The predicted molar refractivity (Wildman–Crippen MR) is 79.3 cm³/mol. The van der Waals surface area contributed by atoms with Crippen LogP contribution in [0, 0.1) is 17.7 Å². The van der Waals surface area contributed by atoms with Gasteiger partial charge in [0.2, 0.25) is 0 Å². The Morgan fingerprint density at radius 1 is 1.40 bits per heavy atom. The highest BCUT2D eigenvalue weighted by molar-refractivity contribution is 5.98. The molecule has 0 radical (unpaired) electrons. The number of ketones is 1. The fourth-order valence-electron chi connectivity index (χ4n) is 3.04. The average Bonchev–Trinajstić information content (AvgIpc) is 2.43. The molecule has 3 heteroatoms. The van der Waals surface area contributed by atoms with Gasteiger partial charge in [0.25, 0.3) is 0 Å². The van der Waals surface area contributed by atoms with Crippen molar-refractivity contribution in [1.29, 1.82) is 0 Å². The third-order valence-corrected chi connectivity index (χ3v) is 4.60. The Balaban J connectivity index is 2.03. The van der Waals surface area contributed by atoms with Gasteiger partial charge in [-0.05, 0) is 44.4 Å². The highest BCUT2D eigenvalue weighted by Crippen LogP contribution is 2.24. The van der Waals surface area contributed by atoms with E-state index < -0.39 is 5.82 Å². The van der Waals surface area contributed by atoms with Gasteiger partial charge in [0, 0.05) is 18.5 Å². The minimum Gasteiger partial charge on any atom is -0.300 e. The molecule has 1 fully saturated rings. The summed E-state index contributed by atoms with van der Waals surface area (Å²) in [6.07, 6.45) is 2.44. The van der Waals surface area contributed by atoms with Crippen LogP contribution in [0.1, 0.15) is 44.0 Å². The number of piperidine rings is 1. The van der Waals surface area contributed by atoms with E-state index in [1.165, 1.54) is 18.9 Å². The van der Waals surface area contributed by atoms with E-state index in [1.807, 2.05) is 6.92 Å². The van der Waals surface area contributed by atoms with E-state index in [9.17, 15) is 9.18 Å². The van der Waals surface area contributed by atoms with Crippen molar-refractivity contribution in [2.24, 2.45) is 11.8 Å². The van der Waals surface area contributed by atoms with Crippen molar-refractivity contribution in [1.82, 2.24) is 4.90 Å². The van der Waals surface area contributed by atoms with Crippen LogP contribution in [0.3, 0.4) is 0 Å². The number of likely N-dealkylation sites (tertiary alicyclic amines) is 1. The molecule has 2 nitrogen and oxygen atoms in total. The van der Waals surface area contributed by atoms with Crippen molar-refractivity contribution < 1.29 is 9.18 Å². The smallest absolute Gasteiger partial charge is 0.169 e. The van der Waals surface area contributed by atoms with Gasteiger partial charge in [-0.3, -0.25) is 9.69 Å². The second-order valence-corrected chi connectivity index (χ2v) is 6.10. The normalized spacial score (nSPS) is 25.4. The standard InChI is InChI=1S/C17H24FNO/c1-12-7-6-10-19(14(12)3)11-13(2)17(20)15-8-4-5-9-16(15)18/h4-5,8-9,12-14H,6-7,10-11H2,1-3H3. The first kappa shape index (κ1) is 15.2. The lowest BCUT2D eigenvalue weighted by Gasteiger charge is -2.39. The Bertz CT molecular complexity index is 474. The zero-order chi connectivity index (χ0) is 14.7. The third-order valence-electron chi connectivity index (χ3n) is 4.60. The second-order valence-electron chi connectivity index (χ2n) is 6.10. The van der Waals surface area contributed by atoms with Crippen molar-refractivity contribution in [3.05, 3.63) is 35.6 Å². The van der Waals surface area contributed by atoms with Crippen molar-refractivity contribution in [3.8, 4) is 0 Å². The number of rotatable bonds is 4. The molecular weight excluding hydrogens is 253 g/mol. The van der Waals surface area contributed by atoms with Crippen LogP contribution in [0.25, 0.3) is 0 Å². The lowest BCUT2D eigenvalue weighted by atomic mass is 9.90. The van der Waals surface area contributed by atoms with E-state index >= 15 is 0 Å². The van der Waals surface area contributed by atoms with Crippen LogP contribution < -0.4 is 0 Å². The molecule has 0 aliphatic carbocycles. The molecule has 110 valence electrons. The number of carbonyl (C=O) groups is 1. The Hall–Kier alpha value is -1.22. The van der Waals surface area contributed by atoms with E-state index in [1.54, 1.807) is 18.2 Å². The Kier molecular flexibility index (Phi) is 4.92. The minimum atomic E-state index is -0.413. The first-order valence-electron chi connectivity index (χ1n) is 7.53. The molecule has 1 saturated heterocycles. The van der Waals surface area contributed by atoms with Gasteiger partial charge in [-0.2, -0.15) is 0 Å². The van der Waals surface area contributed by atoms with Gasteiger partial charge in [0.1, 0.15) is 5.82 Å². The molecule has 0 N–H and O–H groups in total. The number of Topliss-reactive ketones (excluding diaryl/α,β-unsaturated/α-hetero) is 1. The van der Waals surface area contributed by atoms with Gasteiger partial charge in [-0.15, -0.1) is 0 Å². The Morgan fingerprint density at radius 2 is 2.10 bits per heavy atom. The van der Waals surface area contributed by atoms with E-state index in [0.29, 0.717) is 12.0 Å². The lowest BCUT2D eigenvalue weighted by Crippen LogP contribution is -2.45. The first-order chi connectivity index (χ1) is 9.50. The van der Waals surface area contributed by atoms with Crippen LogP contribution in [0.15, 0.2) is 24.3 Å². The Morgan fingerprint density at radius 3 is 2.80 bits per heavy atom. The zero-order valence-electron chi connectivity index (χ0n) is 12.6.